The summed E-state index contributed by atoms with van der Waals surface area (Å²) in [6, 6.07) is 6.33. The number of benzene rings is 1. The summed E-state index contributed by atoms with van der Waals surface area (Å²) in [6.07, 6.45) is 0.114. The van der Waals surface area contributed by atoms with Gasteiger partial charge in [0, 0.05) is 36.1 Å². The SMILES string of the molecule is B[C@@]1(C(C)OC)CC[C@@H](C)C(=O)[C@H](C)[C@H]2N(CC#CCn3cc(-c4cccc(N)c4)nn3)C(=O)O[C@]2(C)[C@@H](CC)OC(=O)[C@@](C)(F)C(=O)[C@@H]1C. The average Bonchev–Trinajstić information content (AvgIpc) is 3.66. The first-order chi connectivity index (χ1) is 23.4. The number of ether oxygens (including phenoxy) is 3. The molecule has 1 amide bonds. The van der Waals surface area contributed by atoms with E-state index in [0.717, 1.165) is 12.5 Å². The first-order valence-corrected chi connectivity index (χ1v) is 17.1. The zero-order valence-corrected chi connectivity index (χ0v) is 30.5. The summed E-state index contributed by atoms with van der Waals surface area (Å²) in [5.41, 5.74) is 3.36. The Hall–Kier alpha value is -4.25. The number of carbonyl (C=O) groups excluding carboxylic acids is 4. The van der Waals surface area contributed by atoms with Crippen molar-refractivity contribution in [2.45, 2.75) is 109 Å². The van der Waals surface area contributed by atoms with Crippen LogP contribution >= 0.6 is 0 Å². The van der Waals surface area contributed by atoms with Gasteiger partial charge in [0.1, 0.15) is 32.0 Å². The number of rotatable bonds is 6. The molecule has 2 aliphatic rings. The summed E-state index contributed by atoms with van der Waals surface area (Å²) in [6.45, 7) is 11.1. The molecular weight excluding hydrogens is 644 g/mol. The van der Waals surface area contributed by atoms with Crippen molar-refractivity contribution in [3.05, 3.63) is 30.5 Å². The standard InChI is InChI=1S/C36H49BFN5O7/c1-9-28-35(7)30(43(33(47)50-35)18-11-10-17-42-20-27(40-41-42)25-13-12-14-26(39)19-25)22(3)29(44)21(2)15-16-36(37,24(5)48-8)23(4)31(45)34(6,38)32(46)49-28/h12-14,19-24,28,30H,9,15-18,37,39H2,1-8H3/t21-,22+,23+,24?,28-,30-,34+,35-,36+/m1/s1. The van der Waals surface area contributed by atoms with E-state index in [0.29, 0.717) is 24.2 Å². The number of nitrogens with zero attached hydrogens (tertiary/aromatic N) is 4. The highest BCUT2D eigenvalue weighted by atomic mass is 19.1. The van der Waals surface area contributed by atoms with E-state index in [1.54, 1.807) is 64.6 Å². The molecule has 9 atom stereocenters. The number of esters is 1. The third-order valence-corrected chi connectivity index (χ3v) is 11.1. The third kappa shape index (κ3) is 7.29. The van der Waals surface area contributed by atoms with Crippen LogP contribution in [0.25, 0.3) is 11.3 Å². The molecule has 270 valence electrons. The highest BCUT2D eigenvalue weighted by Gasteiger charge is 2.61. The number of aromatic nitrogens is 3. The minimum absolute atomic E-state index is 0.105. The number of methoxy groups -OCH3 is 1. The second-order valence-electron chi connectivity index (χ2n) is 14.3. The lowest BCUT2D eigenvalue weighted by atomic mass is 9.53. The highest BCUT2D eigenvalue weighted by molar-refractivity contribution is 6.20. The van der Waals surface area contributed by atoms with Crippen LogP contribution in [0.4, 0.5) is 14.9 Å². The number of halogens is 1. The van der Waals surface area contributed by atoms with Crippen molar-refractivity contribution in [3.8, 4) is 23.1 Å². The van der Waals surface area contributed by atoms with Crippen LogP contribution in [0.1, 0.15) is 67.7 Å². The number of ketones is 2. The van der Waals surface area contributed by atoms with E-state index in [1.165, 1.54) is 12.0 Å². The zero-order chi connectivity index (χ0) is 37.2. The van der Waals surface area contributed by atoms with Crippen molar-refractivity contribution in [3.63, 3.8) is 0 Å². The van der Waals surface area contributed by atoms with Gasteiger partial charge in [-0.1, -0.05) is 63.3 Å². The fourth-order valence-electron chi connectivity index (χ4n) is 7.37. The maximum atomic E-state index is 16.3. The quantitative estimate of drug-likeness (QED) is 0.155. The largest absolute Gasteiger partial charge is 0.455 e. The first-order valence-electron chi connectivity index (χ1n) is 17.1. The molecule has 50 heavy (non-hydrogen) atoms. The molecule has 1 aromatic carbocycles. The number of hydrogen-bond acceptors (Lipinski definition) is 10. The van der Waals surface area contributed by atoms with Crippen LogP contribution in [0, 0.1) is 29.6 Å². The van der Waals surface area contributed by atoms with Crippen LogP contribution in [-0.2, 0) is 35.1 Å². The highest BCUT2D eigenvalue weighted by Crippen LogP contribution is 2.47. The van der Waals surface area contributed by atoms with Crippen LogP contribution in [0.15, 0.2) is 30.5 Å². The van der Waals surface area contributed by atoms with Crippen LogP contribution in [0.2, 0.25) is 5.31 Å². The number of cyclic esters (lactones) is 1. The number of anilines is 1. The Kier molecular flexibility index (Phi) is 11.5. The summed E-state index contributed by atoms with van der Waals surface area (Å²) in [5.74, 6) is 1.31. The van der Waals surface area contributed by atoms with Gasteiger partial charge in [-0.3, -0.25) is 14.5 Å². The molecule has 1 aromatic heterocycles. The Morgan fingerprint density at radius 1 is 1.16 bits per heavy atom. The fraction of sp³-hybridized carbons (Fsp3) is 0.611. The Labute approximate surface area is 294 Å². The molecule has 0 radical (unpaired) electrons. The summed E-state index contributed by atoms with van der Waals surface area (Å²) >= 11 is 0. The van der Waals surface area contributed by atoms with Gasteiger partial charge in [-0.05, 0) is 51.1 Å². The van der Waals surface area contributed by atoms with E-state index in [4.69, 9.17) is 19.9 Å². The minimum atomic E-state index is -2.99. The lowest BCUT2D eigenvalue weighted by Crippen LogP contribution is -2.59. The van der Waals surface area contributed by atoms with Gasteiger partial charge in [-0.2, -0.15) is 0 Å². The van der Waals surface area contributed by atoms with Crippen molar-refractivity contribution in [1.29, 1.82) is 0 Å². The van der Waals surface area contributed by atoms with E-state index in [2.05, 4.69) is 22.2 Å². The molecule has 3 heterocycles. The Balaban J connectivity index is 1.67. The number of alkyl halides is 1. The van der Waals surface area contributed by atoms with Crippen molar-refractivity contribution in [1.82, 2.24) is 19.9 Å². The van der Waals surface area contributed by atoms with Gasteiger partial charge < -0.3 is 19.9 Å². The van der Waals surface area contributed by atoms with Crippen LogP contribution in [0.3, 0.4) is 0 Å². The molecule has 0 bridgehead atoms. The van der Waals surface area contributed by atoms with Gasteiger partial charge in [-0.15, -0.1) is 5.10 Å². The van der Waals surface area contributed by atoms with E-state index in [9.17, 15) is 19.2 Å². The Bertz CT molecular complexity index is 1670. The molecule has 0 saturated carbocycles. The normalized spacial score (nSPS) is 33.1. The summed E-state index contributed by atoms with van der Waals surface area (Å²) < 4.78 is 35.2. The first kappa shape index (κ1) is 38.6. The van der Waals surface area contributed by atoms with Crippen LogP contribution in [0.5, 0.6) is 0 Å². The van der Waals surface area contributed by atoms with Crippen LogP contribution < -0.4 is 5.73 Å². The molecule has 2 saturated heterocycles. The molecule has 0 aliphatic carbocycles. The molecule has 4 rings (SSSR count). The fourth-order valence-corrected chi connectivity index (χ4v) is 7.37. The Morgan fingerprint density at radius 3 is 2.48 bits per heavy atom. The minimum Gasteiger partial charge on any atom is -0.455 e. The number of hydrogen-bond donors (Lipinski definition) is 1. The Morgan fingerprint density at radius 2 is 1.84 bits per heavy atom. The van der Waals surface area contributed by atoms with Crippen molar-refractivity contribution >= 4 is 37.2 Å². The van der Waals surface area contributed by atoms with Crippen molar-refractivity contribution < 1.29 is 37.8 Å². The van der Waals surface area contributed by atoms with Gasteiger partial charge in [0.05, 0.1) is 24.9 Å². The second-order valence-corrected chi connectivity index (χ2v) is 14.3. The maximum Gasteiger partial charge on any atom is 0.411 e. The van der Waals surface area contributed by atoms with Gasteiger partial charge in [0.25, 0.3) is 5.67 Å². The lowest BCUT2D eigenvalue weighted by molar-refractivity contribution is -0.180. The van der Waals surface area contributed by atoms with Crippen molar-refractivity contribution in [2.24, 2.45) is 17.8 Å². The number of amides is 1. The predicted octanol–water partition coefficient (Wildman–Crippen LogP) is 3.83. The van der Waals surface area contributed by atoms with Gasteiger partial charge in [0.15, 0.2) is 11.4 Å². The van der Waals surface area contributed by atoms with Crippen molar-refractivity contribution in [2.75, 3.05) is 19.4 Å². The molecule has 2 fully saturated rings. The number of Topliss-reactive ketones (excluding diaryl/α,β-unsaturated/α-hetero) is 2. The lowest BCUT2D eigenvalue weighted by Gasteiger charge is -2.43. The molecule has 12 nitrogen and oxygen atoms in total. The topological polar surface area (TPSA) is 156 Å². The summed E-state index contributed by atoms with van der Waals surface area (Å²) in [7, 11) is 3.31. The maximum absolute atomic E-state index is 16.3. The number of nitrogens with two attached hydrogens (primary N) is 1. The summed E-state index contributed by atoms with van der Waals surface area (Å²) in [4.78, 5) is 56.3. The average molecular weight is 694 g/mol. The van der Waals surface area contributed by atoms with Crippen LogP contribution in [-0.4, -0.2) is 94.5 Å². The van der Waals surface area contributed by atoms with Gasteiger partial charge in [0.2, 0.25) is 0 Å². The molecule has 2 aliphatic heterocycles. The monoisotopic (exact) mass is 693 g/mol. The molecule has 2 N–H and O–H groups in total. The molecule has 1 unspecified atom stereocenters. The number of nitrogen functional groups attached to an aromatic ring is 1. The second kappa shape index (κ2) is 14.9. The van der Waals surface area contributed by atoms with E-state index in [-0.39, 0.29) is 25.3 Å². The van der Waals surface area contributed by atoms with E-state index >= 15 is 4.39 Å². The smallest absolute Gasteiger partial charge is 0.411 e. The number of fused-ring (bicyclic) bond motifs is 1. The van der Waals surface area contributed by atoms with E-state index < -0.39 is 70.4 Å². The van der Waals surface area contributed by atoms with E-state index in [1.807, 2.05) is 20.0 Å². The molecule has 0 spiro atoms. The zero-order valence-electron chi connectivity index (χ0n) is 30.5. The third-order valence-electron chi connectivity index (χ3n) is 11.1. The molecular formula is C36H49BFN5O7. The molecule has 14 heteroatoms. The van der Waals surface area contributed by atoms with Gasteiger partial charge in [-0.25, -0.2) is 18.7 Å². The predicted molar refractivity (Wildman–Crippen MR) is 187 cm³/mol. The van der Waals surface area contributed by atoms with Gasteiger partial charge >= 0.3 is 12.1 Å². The molecule has 2 aromatic rings. The number of carbonyl (C=O) groups is 4. The summed E-state index contributed by atoms with van der Waals surface area (Å²) in [5, 5.41) is 7.40.